The minimum atomic E-state index is -0.711. The number of H-pyrrole nitrogens is 1. The first kappa shape index (κ1) is 14.6. The molecule has 0 spiro atoms. The molecule has 1 aromatic carbocycles. The van der Waals surface area contributed by atoms with Gasteiger partial charge in [0, 0.05) is 12.1 Å². The number of carbonyl (C=O) groups excluding carboxylic acids is 1. The smallest absolute Gasteiger partial charge is 0.346 e. The number of nitrogens with zero attached hydrogens (tertiary/aromatic N) is 1. The van der Waals surface area contributed by atoms with Crippen molar-refractivity contribution in [1.29, 1.82) is 0 Å². The van der Waals surface area contributed by atoms with E-state index in [4.69, 9.17) is 0 Å². The number of hydrogen-bond acceptors (Lipinski definition) is 3. The average Bonchev–Trinajstić information content (AvgIpc) is 2.46. The number of nitrogens with one attached hydrogen (secondary N) is 2. The van der Waals surface area contributed by atoms with Crippen LogP contribution in [-0.2, 0) is 0 Å². The quantitative estimate of drug-likeness (QED) is 0.842. The molecule has 1 aromatic heterocycles. The van der Waals surface area contributed by atoms with Gasteiger partial charge < -0.3 is 10.3 Å². The second kappa shape index (κ2) is 6.13. The zero-order chi connectivity index (χ0) is 15.4. The van der Waals surface area contributed by atoms with Gasteiger partial charge >= 0.3 is 5.69 Å². The fraction of sp³-hybridized carbons (Fsp3) is 0.133. The summed E-state index contributed by atoms with van der Waals surface area (Å²) in [5, 5.41) is 2.53. The second-order valence-corrected chi connectivity index (χ2v) is 4.47. The number of aromatic amines is 1. The Morgan fingerprint density at radius 2 is 2.24 bits per heavy atom. The highest BCUT2D eigenvalue weighted by molar-refractivity contribution is 5.93. The number of rotatable bonds is 4. The summed E-state index contributed by atoms with van der Waals surface area (Å²) in [5.41, 5.74) is 0.429. The molecule has 1 heterocycles. The molecular formula is C15H14FN3O2. The van der Waals surface area contributed by atoms with Crippen LogP contribution in [0.2, 0.25) is 0 Å². The monoisotopic (exact) mass is 287 g/mol. The molecule has 0 aliphatic rings. The molecule has 0 saturated carbocycles. The van der Waals surface area contributed by atoms with Crippen LogP contribution in [0.15, 0.2) is 41.7 Å². The fourth-order valence-corrected chi connectivity index (χ4v) is 1.81. The summed E-state index contributed by atoms with van der Waals surface area (Å²) in [6, 6.07) is 5.83. The lowest BCUT2D eigenvalue weighted by molar-refractivity contribution is 0.0952. The molecule has 0 atom stereocenters. The van der Waals surface area contributed by atoms with E-state index >= 15 is 0 Å². The van der Waals surface area contributed by atoms with E-state index in [1.54, 1.807) is 19.1 Å². The van der Waals surface area contributed by atoms with E-state index in [1.165, 1.54) is 18.2 Å². The van der Waals surface area contributed by atoms with E-state index in [2.05, 4.69) is 21.9 Å². The second-order valence-electron chi connectivity index (χ2n) is 4.47. The van der Waals surface area contributed by atoms with E-state index in [0.29, 0.717) is 0 Å². The van der Waals surface area contributed by atoms with E-state index in [9.17, 15) is 14.0 Å². The molecule has 5 nitrogen and oxygen atoms in total. The maximum absolute atomic E-state index is 13.9. The highest BCUT2D eigenvalue weighted by Gasteiger charge is 2.12. The SMILES string of the molecule is C=CCNC(=O)c1cc(-c2cc(C)ccc2F)nc(=O)[nH]1. The highest BCUT2D eigenvalue weighted by Crippen LogP contribution is 2.21. The molecule has 0 radical (unpaired) electrons. The molecule has 2 rings (SSSR count). The lowest BCUT2D eigenvalue weighted by Crippen LogP contribution is -2.27. The van der Waals surface area contributed by atoms with Gasteiger partial charge in [-0.05, 0) is 25.1 Å². The summed E-state index contributed by atoms with van der Waals surface area (Å²) in [6.07, 6.45) is 1.51. The number of benzene rings is 1. The van der Waals surface area contributed by atoms with Crippen molar-refractivity contribution in [3.63, 3.8) is 0 Å². The van der Waals surface area contributed by atoms with Gasteiger partial charge in [0.1, 0.15) is 11.5 Å². The molecule has 21 heavy (non-hydrogen) atoms. The van der Waals surface area contributed by atoms with Crippen molar-refractivity contribution in [1.82, 2.24) is 15.3 Å². The van der Waals surface area contributed by atoms with Crippen molar-refractivity contribution < 1.29 is 9.18 Å². The highest BCUT2D eigenvalue weighted by atomic mass is 19.1. The Morgan fingerprint density at radius 3 is 2.95 bits per heavy atom. The minimum Gasteiger partial charge on any atom is -0.347 e. The van der Waals surface area contributed by atoms with Crippen LogP contribution in [0, 0.1) is 12.7 Å². The zero-order valence-corrected chi connectivity index (χ0v) is 11.4. The summed E-state index contributed by atoms with van der Waals surface area (Å²) in [5.74, 6) is -0.986. The van der Waals surface area contributed by atoms with E-state index in [0.717, 1.165) is 5.56 Å². The summed E-state index contributed by atoms with van der Waals surface area (Å²) in [6.45, 7) is 5.54. The Balaban J connectivity index is 2.48. The average molecular weight is 287 g/mol. The number of aryl methyl sites for hydroxylation is 1. The van der Waals surface area contributed by atoms with Gasteiger partial charge in [0.05, 0.1) is 5.69 Å². The van der Waals surface area contributed by atoms with Gasteiger partial charge in [-0.15, -0.1) is 6.58 Å². The molecular weight excluding hydrogens is 273 g/mol. The molecule has 0 saturated heterocycles. The minimum absolute atomic E-state index is 0.0211. The Morgan fingerprint density at radius 1 is 1.48 bits per heavy atom. The number of aromatic nitrogens is 2. The number of halogens is 1. The maximum Gasteiger partial charge on any atom is 0.346 e. The Kier molecular flexibility index (Phi) is 4.27. The molecule has 1 amide bonds. The Labute approximate surface area is 120 Å². The molecule has 0 aliphatic carbocycles. The summed E-state index contributed by atoms with van der Waals surface area (Å²) in [7, 11) is 0. The first-order valence-corrected chi connectivity index (χ1v) is 6.28. The van der Waals surface area contributed by atoms with Gasteiger partial charge in [0.25, 0.3) is 5.91 Å². The topological polar surface area (TPSA) is 74.8 Å². The largest absolute Gasteiger partial charge is 0.347 e. The predicted molar refractivity (Wildman–Crippen MR) is 77.5 cm³/mol. The molecule has 108 valence electrons. The molecule has 0 fully saturated rings. The van der Waals surface area contributed by atoms with Crippen molar-refractivity contribution >= 4 is 5.91 Å². The van der Waals surface area contributed by atoms with Gasteiger partial charge in [0.15, 0.2) is 0 Å². The lowest BCUT2D eigenvalue weighted by Gasteiger charge is -2.06. The normalized spacial score (nSPS) is 10.2. The van der Waals surface area contributed by atoms with Crippen LogP contribution >= 0.6 is 0 Å². The van der Waals surface area contributed by atoms with E-state index < -0.39 is 17.4 Å². The molecule has 6 heteroatoms. The summed E-state index contributed by atoms with van der Waals surface area (Å²) < 4.78 is 13.9. The van der Waals surface area contributed by atoms with Gasteiger partial charge in [-0.2, -0.15) is 4.98 Å². The molecule has 0 unspecified atom stereocenters. The van der Waals surface area contributed by atoms with Gasteiger partial charge in [0.2, 0.25) is 0 Å². The number of hydrogen-bond donors (Lipinski definition) is 2. The molecule has 0 bridgehead atoms. The van der Waals surface area contributed by atoms with Crippen molar-refractivity contribution in [2.75, 3.05) is 6.54 Å². The van der Waals surface area contributed by atoms with Crippen molar-refractivity contribution in [3.8, 4) is 11.3 Å². The third-order valence-corrected chi connectivity index (χ3v) is 2.79. The van der Waals surface area contributed by atoms with Crippen LogP contribution in [0.25, 0.3) is 11.3 Å². The first-order valence-electron chi connectivity index (χ1n) is 6.28. The summed E-state index contributed by atoms with van der Waals surface area (Å²) in [4.78, 5) is 29.5. The fourth-order valence-electron chi connectivity index (χ4n) is 1.81. The van der Waals surface area contributed by atoms with Gasteiger partial charge in [-0.25, -0.2) is 9.18 Å². The van der Waals surface area contributed by atoms with Gasteiger partial charge in [-0.1, -0.05) is 17.7 Å². The third kappa shape index (κ3) is 3.42. The zero-order valence-electron chi connectivity index (χ0n) is 11.4. The van der Waals surface area contributed by atoms with E-state index in [-0.39, 0.29) is 23.5 Å². The number of carbonyl (C=O) groups is 1. The van der Waals surface area contributed by atoms with Crippen LogP contribution in [0.5, 0.6) is 0 Å². The number of amides is 1. The molecule has 2 aromatic rings. The van der Waals surface area contributed by atoms with Crippen LogP contribution in [0.1, 0.15) is 16.1 Å². The molecule has 0 aliphatic heterocycles. The lowest BCUT2D eigenvalue weighted by atomic mass is 10.1. The standard InChI is InChI=1S/C15H14FN3O2/c1-3-6-17-14(20)13-8-12(18-15(21)19-13)10-7-9(2)4-5-11(10)16/h3-5,7-8H,1,6H2,2H3,(H,17,20)(H,18,19,21). The first-order chi connectivity index (χ1) is 10.0. The van der Waals surface area contributed by atoms with Crippen molar-refractivity contribution in [2.45, 2.75) is 6.92 Å². The van der Waals surface area contributed by atoms with Crippen molar-refractivity contribution in [2.24, 2.45) is 0 Å². The van der Waals surface area contributed by atoms with Crippen molar-refractivity contribution in [3.05, 3.63) is 64.5 Å². The Hall–Kier alpha value is -2.76. The van der Waals surface area contributed by atoms with E-state index in [1.807, 2.05) is 0 Å². The molecule has 2 N–H and O–H groups in total. The summed E-state index contributed by atoms with van der Waals surface area (Å²) >= 11 is 0. The Bertz CT molecular complexity index is 753. The van der Waals surface area contributed by atoms with Crippen LogP contribution in [0.4, 0.5) is 4.39 Å². The predicted octanol–water partition coefficient (Wildman–Crippen LogP) is 1.80. The third-order valence-electron chi connectivity index (χ3n) is 2.79. The van der Waals surface area contributed by atoms with Crippen LogP contribution in [0.3, 0.4) is 0 Å². The van der Waals surface area contributed by atoms with Crippen LogP contribution in [-0.4, -0.2) is 22.4 Å². The van der Waals surface area contributed by atoms with Crippen LogP contribution < -0.4 is 11.0 Å². The van der Waals surface area contributed by atoms with Gasteiger partial charge in [-0.3, -0.25) is 4.79 Å². The maximum atomic E-state index is 13.9.